The summed E-state index contributed by atoms with van der Waals surface area (Å²) in [4.78, 5) is 2.53. The Kier molecular flexibility index (Phi) is 5.03. The molecule has 3 heteroatoms. The Morgan fingerprint density at radius 3 is 2.73 bits per heavy atom. The molecule has 1 aliphatic rings. The van der Waals surface area contributed by atoms with Crippen LogP contribution in [0.1, 0.15) is 33.1 Å². The number of ether oxygens (including phenoxy) is 1. The van der Waals surface area contributed by atoms with E-state index >= 15 is 0 Å². The number of hydrogen-bond donors (Lipinski definition) is 1. The van der Waals surface area contributed by atoms with E-state index in [9.17, 15) is 5.11 Å². The summed E-state index contributed by atoms with van der Waals surface area (Å²) in [6.45, 7) is 7.97. The maximum atomic E-state index is 9.19. The fourth-order valence-corrected chi connectivity index (χ4v) is 2.55. The van der Waals surface area contributed by atoms with Crippen molar-refractivity contribution in [2.75, 3.05) is 33.4 Å². The van der Waals surface area contributed by atoms with Gasteiger partial charge in [0.25, 0.3) is 0 Å². The standard InChI is InChI=1S/C12H25NO2/c1-12(2)9-11(10-14)5-7-13(12)6-4-8-15-3/h11,14H,4-10H2,1-3H3. The summed E-state index contributed by atoms with van der Waals surface area (Å²) in [5.74, 6) is 0.499. The molecule has 90 valence electrons. The lowest BCUT2D eigenvalue weighted by atomic mass is 9.83. The lowest BCUT2D eigenvalue weighted by Gasteiger charge is -2.45. The Morgan fingerprint density at radius 1 is 1.47 bits per heavy atom. The number of nitrogens with zero attached hydrogens (tertiary/aromatic N) is 1. The van der Waals surface area contributed by atoms with E-state index in [1.807, 2.05) is 0 Å². The van der Waals surface area contributed by atoms with Gasteiger partial charge in [-0.05, 0) is 45.6 Å². The summed E-state index contributed by atoms with van der Waals surface area (Å²) in [5.41, 5.74) is 0.236. The van der Waals surface area contributed by atoms with Crippen LogP contribution in [0.3, 0.4) is 0 Å². The van der Waals surface area contributed by atoms with E-state index in [1.165, 1.54) is 0 Å². The van der Waals surface area contributed by atoms with Gasteiger partial charge in [0.15, 0.2) is 0 Å². The van der Waals surface area contributed by atoms with Crippen molar-refractivity contribution in [3.05, 3.63) is 0 Å². The largest absolute Gasteiger partial charge is 0.396 e. The van der Waals surface area contributed by atoms with E-state index in [4.69, 9.17) is 4.74 Å². The molecule has 15 heavy (non-hydrogen) atoms. The minimum atomic E-state index is 0.236. The zero-order valence-electron chi connectivity index (χ0n) is 10.3. The summed E-state index contributed by atoms with van der Waals surface area (Å²) in [7, 11) is 1.75. The fourth-order valence-electron chi connectivity index (χ4n) is 2.55. The monoisotopic (exact) mass is 215 g/mol. The predicted molar refractivity (Wildman–Crippen MR) is 62.0 cm³/mol. The molecule has 1 saturated heterocycles. The molecule has 0 aromatic rings. The van der Waals surface area contributed by atoms with Crippen LogP contribution in [0.5, 0.6) is 0 Å². The van der Waals surface area contributed by atoms with Gasteiger partial charge in [-0.15, -0.1) is 0 Å². The molecule has 0 saturated carbocycles. The minimum Gasteiger partial charge on any atom is -0.396 e. The first kappa shape index (κ1) is 12.9. The lowest BCUT2D eigenvalue weighted by molar-refractivity contribution is 0.0221. The summed E-state index contributed by atoms with van der Waals surface area (Å²) >= 11 is 0. The first-order valence-electron chi connectivity index (χ1n) is 5.95. The number of aliphatic hydroxyl groups is 1. The Labute approximate surface area is 93.4 Å². The molecule has 0 bridgehead atoms. The van der Waals surface area contributed by atoms with E-state index in [-0.39, 0.29) is 5.54 Å². The van der Waals surface area contributed by atoms with Crippen LogP contribution < -0.4 is 0 Å². The van der Waals surface area contributed by atoms with Crippen LogP contribution in [0.15, 0.2) is 0 Å². The maximum Gasteiger partial charge on any atom is 0.0474 e. The molecule has 1 rings (SSSR count). The lowest BCUT2D eigenvalue weighted by Crippen LogP contribution is -2.50. The van der Waals surface area contributed by atoms with Crippen LogP contribution in [-0.2, 0) is 4.74 Å². The van der Waals surface area contributed by atoms with Gasteiger partial charge < -0.3 is 9.84 Å². The Balaban J connectivity index is 2.38. The SMILES string of the molecule is COCCCN1CCC(CO)CC1(C)C. The summed E-state index contributed by atoms with van der Waals surface area (Å²) in [5, 5.41) is 9.19. The predicted octanol–water partition coefficient (Wildman–Crippen LogP) is 1.51. The summed E-state index contributed by atoms with van der Waals surface area (Å²) in [6.07, 6.45) is 3.34. The van der Waals surface area contributed by atoms with Crippen LogP contribution in [-0.4, -0.2) is 49.0 Å². The van der Waals surface area contributed by atoms with Crippen LogP contribution >= 0.6 is 0 Å². The third kappa shape index (κ3) is 3.74. The molecular weight excluding hydrogens is 190 g/mol. The van der Waals surface area contributed by atoms with E-state index in [0.717, 1.165) is 39.0 Å². The van der Waals surface area contributed by atoms with Crippen molar-refractivity contribution in [3.8, 4) is 0 Å². The minimum absolute atomic E-state index is 0.236. The van der Waals surface area contributed by atoms with Gasteiger partial charge in [0.1, 0.15) is 0 Å². The van der Waals surface area contributed by atoms with E-state index < -0.39 is 0 Å². The van der Waals surface area contributed by atoms with Gasteiger partial charge in [-0.3, -0.25) is 4.90 Å². The van der Waals surface area contributed by atoms with Crippen molar-refractivity contribution < 1.29 is 9.84 Å². The van der Waals surface area contributed by atoms with Crippen molar-refractivity contribution in [2.24, 2.45) is 5.92 Å². The van der Waals surface area contributed by atoms with Gasteiger partial charge in [-0.2, -0.15) is 0 Å². The van der Waals surface area contributed by atoms with Gasteiger partial charge in [0, 0.05) is 32.4 Å². The van der Waals surface area contributed by atoms with Crippen LogP contribution in [0, 0.1) is 5.92 Å². The highest BCUT2D eigenvalue weighted by atomic mass is 16.5. The second kappa shape index (κ2) is 5.83. The smallest absolute Gasteiger partial charge is 0.0474 e. The molecule has 0 aliphatic carbocycles. The first-order valence-corrected chi connectivity index (χ1v) is 5.95. The number of piperidine rings is 1. The van der Waals surface area contributed by atoms with Gasteiger partial charge in [-0.25, -0.2) is 0 Å². The topological polar surface area (TPSA) is 32.7 Å². The zero-order chi connectivity index (χ0) is 11.3. The number of methoxy groups -OCH3 is 1. The average Bonchev–Trinajstić information content (AvgIpc) is 2.20. The Bertz CT molecular complexity index is 180. The van der Waals surface area contributed by atoms with E-state index in [1.54, 1.807) is 7.11 Å². The van der Waals surface area contributed by atoms with E-state index in [2.05, 4.69) is 18.7 Å². The van der Waals surface area contributed by atoms with E-state index in [0.29, 0.717) is 12.5 Å². The van der Waals surface area contributed by atoms with Crippen molar-refractivity contribution in [1.82, 2.24) is 4.90 Å². The highest BCUT2D eigenvalue weighted by molar-refractivity contribution is 4.88. The number of aliphatic hydroxyl groups excluding tert-OH is 1. The van der Waals surface area contributed by atoms with Crippen molar-refractivity contribution >= 4 is 0 Å². The highest BCUT2D eigenvalue weighted by Crippen LogP contribution is 2.31. The zero-order valence-corrected chi connectivity index (χ0v) is 10.3. The Morgan fingerprint density at radius 2 is 2.20 bits per heavy atom. The van der Waals surface area contributed by atoms with Crippen molar-refractivity contribution in [3.63, 3.8) is 0 Å². The molecule has 1 N–H and O–H groups in total. The molecule has 0 aromatic heterocycles. The molecular formula is C12H25NO2. The molecule has 1 fully saturated rings. The second-order valence-corrected chi connectivity index (χ2v) is 5.19. The maximum absolute atomic E-state index is 9.19. The number of likely N-dealkylation sites (tertiary alicyclic amines) is 1. The molecule has 1 aliphatic heterocycles. The third-order valence-electron chi connectivity index (χ3n) is 3.49. The summed E-state index contributed by atoms with van der Waals surface area (Å²) < 4.78 is 5.08. The van der Waals surface area contributed by atoms with Gasteiger partial charge >= 0.3 is 0 Å². The van der Waals surface area contributed by atoms with Gasteiger partial charge in [0.2, 0.25) is 0 Å². The molecule has 1 atom stereocenters. The van der Waals surface area contributed by atoms with Crippen LogP contribution in [0.2, 0.25) is 0 Å². The highest BCUT2D eigenvalue weighted by Gasteiger charge is 2.33. The number of rotatable bonds is 5. The number of hydrogen-bond acceptors (Lipinski definition) is 3. The molecule has 1 unspecified atom stereocenters. The Hall–Kier alpha value is -0.120. The molecule has 0 radical (unpaired) electrons. The van der Waals surface area contributed by atoms with Crippen molar-refractivity contribution in [1.29, 1.82) is 0 Å². The van der Waals surface area contributed by atoms with Crippen LogP contribution in [0.25, 0.3) is 0 Å². The molecule has 0 spiro atoms. The normalized spacial score (nSPS) is 26.8. The van der Waals surface area contributed by atoms with Crippen LogP contribution in [0.4, 0.5) is 0 Å². The quantitative estimate of drug-likeness (QED) is 0.706. The van der Waals surface area contributed by atoms with Gasteiger partial charge in [-0.1, -0.05) is 0 Å². The second-order valence-electron chi connectivity index (χ2n) is 5.19. The molecule has 0 amide bonds. The fraction of sp³-hybridized carbons (Fsp3) is 1.00. The molecule has 3 nitrogen and oxygen atoms in total. The molecule has 1 heterocycles. The molecule has 0 aromatic carbocycles. The average molecular weight is 215 g/mol. The third-order valence-corrected chi connectivity index (χ3v) is 3.49. The first-order chi connectivity index (χ1) is 7.10. The summed E-state index contributed by atoms with van der Waals surface area (Å²) in [6, 6.07) is 0. The van der Waals surface area contributed by atoms with Crippen molar-refractivity contribution in [2.45, 2.75) is 38.6 Å². The van der Waals surface area contributed by atoms with Gasteiger partial charge in [0.05, 0.1) is 0 Å².